The van der Waals surface area contributed by atoms with Crippen molar-refractivity contribution in [1.82, 2.24) is 0 Å². The van der Waals surface area contributed by atoms with Crippen LogP contribution in [0.5, 0.6) is 0 Å². The summed E-state index contributed by atoms with van der Waals surface area (Å²) in [6.07, 6.45) is 0. The van der Waals surface area contributed by atoms with Crippen molar-refractivity contribution in [3.8, 4) is 0 Å². The highest BCUT2D eigenvalue weighted by molar-refractivity contribution is 14.1. The fraction of sp³-hybridized carbons (Fsp3) is 0.333. The lowest BCUT2D eigenvalue weighted by molar-refractivity contribution is 1.12. The van der Waals surface area contributed by atoms with Gasteiger partial charge in [0.1, 0.15) is 0 Å². The second-order valence-corrected chi connectivity index (χ2v) is 4.01. The molecule has 0 aliphatic carbocycles. The Labute approximate surface area is 81.5 Å². The molecule has 1 nitrogen and oxygen atoms in total. The second-order valence-electron chi connectivity index (χ2n) is 2.85. The number of hydrogen-bond donors (Lipinski definition) is 0. The normalized spacial score (nSPS) is 9.82. The summed E-state index contributed by atoms with van der Waals surface area (Å²) in [5.41, 5.74) is 2.61. The van der Waals surface area contributed by atoms with Crippen LogP contribution in [0.1, 0.15) is 5.56 Å². The van der Waals surface area contributed by atoms with Crippen molar-refractivity contribution in [2.75, 3.05) is 19.0 Å². The van der Waals surface area contributed by atoms with E-state index in [1.54, 1.807) is 0 Å². The molecule has 0 aliphatic heterocycles. The van der Waals surface area contributed by atoms with Gasteiger partial charge in [-0.15, -0.1) is 0 Å². The van der Waals surface area contributed by atoms with E-state index >= 15 is 0 Å². The summed E-state index contributed by atoms with van der Waals surface area (Å²) < 4.78 is 1.30. The molecule has 0 fully saturated rings. The molecule has 0 heterocycles. The lowest BCUT2D eigenvalue weighted by Crippen LogP contribution is -2.10. The standard InChI is InChI=1S/C9H12IN/c1-7-4-5-8(10)9(6-7)11(2)3/h4-6H,1-3H3. The third-order valence-corrected chi connectivity index (χ3v) is 2.50. The molecule has 2 heteroatoms. The van der Waals surface area contributed by atoms with Gasteiger partial charge in [-0.05, 0) is 47.2 Å². The van der Waals surface area contributed by atoms with Crippen LogP contribution in [0.4, 0.5) is 5.69 Å². The van der Waals surface area contributed by atoms with Gasteiger partial charge in [-0.2, -0.15) is 0 Å². The van der Waals surface area contributed by atoms with Gasteiger partial charge < -0.3 is 4.90 Å². The third kappa shape index (κ3) is 2.09. The summed E-state index contributed by atoms with van der Waals surface area (Å²) in [7, 11) is 4.13. The highest BCUT2D eigenvalue weighted by Crippen LogP contribution is 2.21. The predicted octanol–water partition coefficient (Wildman–Crippen LogP) is 2.67. The summed E-state index contributed by atoms with van der Waals surface area (Å²) in [6, 6.07) is 6.47. The fourth-order valence-electron chi connectivity index (χ4n) is 0.965. The Morgan fingerprint density at radius 3 is 2.36 bits per heavy atom. The Kier molecular flexibility index (Phi) is 2.76. The Hall–Kier alpha value is -0.250. The van der Waals surface area contributed by atoms with E-state index in [9.17, 15) is 0 Å². The zero-order valence-corrected chi connectivity index (χ0v) is 9.21. The molecule has 0 atom stereocenters. The smallest absolute Gasteiger partial charge is 0.0499 e. The van der Waals surface area contributed by atoms with Gasteiger partial charge in [0.15, 0.2) is 0 Å². The lowest BCUT2D eigenvalue weighted by atomic mass is 10.2. The van der Waals surface area contributed by atoms with Crippen LogP contribution in [0.15, 0.2) is 18.2 Å². The van der Waals surface area contributed by atoms with Crippen LogP contribution < -0.4 is 4.90 Å². The van der Waals surface area contributed by atoms with Gasteiger partial charge in [0.2, 0.25) is 0 Å². The molecular weight excluding hydrogens is 249 g/mol. The maximum absolute atomic E-state index is 2.35. The van der Waals surface area contributed by atoms with Crippen LogP contribution in [0.3, 0.4) is 0 Å². The lowest BCUT2D eigenvalue weighted by Gasteiger charge is -2.14. The Balaban J connectivity index is 3.13. The zero-order chi connectivity index (χ0) is 8.43. The first-order valence-electron chi connectivity index (χ1n) is 3.55. The number of rotatable bonds is 1. The molecule has 0 spiro atoms. The van der Waals surface area contributed by atoms with Crippen molar-refractivity contribution in [2.24, 2.45) is 0 Å². The molecule has 1 rings (SSSR count). The topological polar surface area (TPSA) is 3.24 Å². The second kappa shape index (κ2) is 3.43. The van der Waals surface area contributed by atoms with Gasteiger partial charge in [-0.1, -0.05) is 6.07 Å². The van der Waals surface area contributed by atoms with Crippen molar-refractivity contribution in [3.63, 3.8) is 0 Å². The highest BCUT2D eigenvalue weighted by Gasteiger charge is 2.00. The van der Waals surface area contributed by atoms with Crippen LogP contribution in [0.25, 0.3) is 0 Å². The molecule has 11 heavy (non-hydrogen) atoms. The van der Waals surface area contributed by atoms with E-state index in [2.05, 4.69) is 66.7 Å². The Morgan fingerprint density at radius 2 is 1.91 bits per heavy atom. The maximum atomic E-state index is 2.35. The van der Waals surface area contributed by atoms with Crippen molar-refractivity contribution >= 4 is 28.3 Å². The fourth-order valence-corrected chi connectivity index (χ4v) is 1.78. The van der Waals surface area contributed by atoms with Crippen molar-refractivity contribution in [1.29, 1.82) is 0 Å². The number of anilines is 1. The average molecular weight is 261 g/mol. The largest absolute Gasteiger partial charge is 0.377 e. The minimum atomic E-state index is 1.30. The summed E-state index contributed by atoms with van der Waals surface area (Å²) in [6.45, 7) is 2.11. The number of halogens is 1. The molecule has 0 saturated carbocycles. The minimum Gasteiger partial charge on any atom is -0.377 e. The van der Waals surface area contributed by atoms with Crippen molar-refractivity contribution < 1.29 is 0 Å². The summed E-state index contributed by atoms with van der Waals surface area (Å²) in [4.78, 5) is 2.13. The monoisotopic (exact) mass is 261 g/mol. The van der Waals surface area contributed by atoms with E-state index in [0.29, 0.717) is 0 Å². The van der Waals surface area contributed by atoms with Crippen LogP contribution in [0.2, 0.25) is 0 Å². The molecule has 0 N–H and O–H groups in total. The first-order valence-corrected chi connectivity index (χ1v) is 4.62. The van der Waals surface area contributed by atoms with Crippen LogP contribution in [-0.4, -0.2) is 14.1 Å². The summed E-state index contributed by atoms with van der Waals surface area (Å²) >= 11 is 2.35. The van der Waals surface area contributed by atoms with E-state index in [1.165, 1.54) is 14.8 Å². The highest BCUT2D eigenvalue weighted by atomic mass is 127. The molecule has 0 bridgehead atoms. The van der Waals surface area contributed by atoms with Gasteiger partial charge in [-0.25, -0.2) is 0 Å². The Morgan fingerprint density at radius 1 is 1.27 bits per heavy atom. The first kappa shape index (κ1) is 8.84. The van der Waals surface area contributed by atoms with Gasteiger partial charge in [0.05, 0.1) is 0 Å². The number of hydrogen-bond acceptors (Lipinski definition) is 1. The summed E-state index contributed by atoms with van der Waals surface area (Å²) in [5.74, 6) is 0. The van der Waals surface area contributed by atoms with Gasteiger partial charge in [-0.3, -0.25) is 0 Å². The quantitative estimate of drug-likeness (QED) is 0.702. The summed E-state index contributed by atoms with van der Waals surface area (Å²) in [5, 5.41) is 0. The maximum Gasteiger partial charge on any atom is 0.0499 e. The molecule has 1 aromatic carbocycles. The molecule has 60 valence electrons. The van der Waals surface area contributed by atoms with E-state index < -0.39 is 0 Å². The number of benzene rings is 1. The molecule has 0 saturated heterocycles. The molecule has 0 aliphatic rings. The molecule has 0 aromatic heterocycles. The molecule has 1 aromatic rings. The number of nitrogens with zero attached hydrogens (tertiary/aromatic N) is 1. The zero-order valence-electron chi connectivity index (χ0n) is 7.06. The van der Waals surface area contributed by atoms with Gasteiger partial charge in [0.25, 0.3) is 0 Å². The van der Waals surface area contributed by atoms with E-state index in [0.717, 1.165) is 0 Å². The van der Waals surface area contributed by atoms with E-state index in [4.69, 9.17) is 0 Å². The third-order valence-electron chi connectivity index (χ3n) is 1.58. The first-order chi connectivity index (χ1) is 5.11. The minimum absolute atomic E-state index is 1.30. The molecule has 0 amide bonds. The predicted molar refractivity (Wildman–Crippen MR) is 58.2 cm³/mol. The van der Waals surface area contributed by atoms with Crippen LogP contribution >= 0.6 is 22.6 Å². The van der Waals surface area contributed by atoms with Crippen LogP contribution in [-0.2, 0) is 0 Å². The van der Waals surface area contributed by atoms with E-state index in [1.807, 2.05) is 0 Å². The Bertz CT molecular complexity index is 256. The average Bonchev–Trinajstić information content (AvgIpc) is 1.94. The van der Waals surface area contributed by atoms with Gasteiger partial charge >= 0.3 is 0 Å². The van der Waals surface area contributed by atoms with Crippen LogP contribution in [0, 0.1) is 10.5 Å². The van der Waals surface area contributed by atoms with Gasteiger partial charge in [0, 0.05) is 23.4 Å². The number of aryl methyl sites for hydroxylation is 1. The molecule has 0 radical (unpaired) electrons. The van der Waals surface area contributed by atoms with E-state index in [-0.39, 0.29) is 0 Å². The molecular formula is C9H12IN. The SMILES string of the molecule is Cc1ccc(I)c(N(C)C)c1. The van der Waals surface area contributed by atoms with Crippen molar-refractivity contribution in [3.05, 3.63) is 27.3 Å². The van der Waals surface area contributed by atoms with Crippen molar-refractivity contribution in [2.45, 2.75) is 6.92 Å². The molecule has 0 unspecified atom stereocenters.